The maximum absolute atomic E-state index is 12.5. The van der Waals surface area contributed by atoms with Crippen LogP contribution < -0.4 is 10.7 Å². The number of imide groups is 1. The smallest absolute Gasteiger partial charge is 0.322 e. The highest BCUT2D eigenvalue weighted by molar-refractivity contribution is 6.08. The number of pyridine rings is 1. The third kappa shape index (κ3) is 3.18. The standard InChI is InChI=1S/C16H20N4O3/c21-13(7-6-12-5-4-10-17-11-12)19-20-14(22)16(18-15(20)23)8-2-1-3-9-16/h4-5,10-11H,1-3,6-9H2,(H,18,23)(H,19,21). The summed E-state index contributed by atoms with van der Waals surface area (Å²) >= 11 is 0. The van der Waals surface area contributed by atoms with E-state index < -0.39 is 11.6 Å². The first-order valence-electron chi connectivity index (χ1n) is 7.96. The van der Waals surface area contributed by atoms with Crippen molar-refractivity contribution in [1.82, 2.24) is 20.7 Å². The van der Waals surface area contributed by atoms with Gasteiger partial charge in [0.05, 0.1) is 0 Å². The summed E-state index contributed by atoms with van der Waals surface area (Å²) in [6.07, 6.45) is 8.23. The number of carbonyl (C=O) groups is 3. The summed E-state index contributed by atoms with van der Waals surface area (Å²) in [6.45, 7) is 0. The number of nitrogens with one attached hydrogen (secondary N) is 2. The molecule has 2 heterocycles. The van der Waals surface area contributed by atoms with E-state index in [1.54, 1.807) is 18.5 Å². The van der Waals surface area contributed by atoms with Crippen LogP contribution in [0.4, 0.5) is 4.79 Å². The van der Waals surface area contributed by atoms with Crippen molar-refractivity contribution in [3.8, 4) is 0 Å². The van der Waals surface area contributed by atoms with E-state index >= 15 is 0 Å². The quantitative estimate of drug-likeness (QED) is 0.819. The number of rotatable bonds is 4. The van der Waals surface area contributed by atoms with Gasteiger partial charge in [0.15, 0.2) is 0 Å². The van der Waals surface area contributed by atoms with E-state index in [9.17, 15) is 14.4 Å². The van der Waals surface area contributed by atoms with Gasteiger partial charge in [0.25, 0.3) is 5.91 Å². The molecule has 1 saturated carbocycles. The summed E-state index contributed by atoms with van der Waals surface area (Å²) in [5.74, 6) is -0.692. The first-order valence-corrected chi connectivity index (χ1v) is 7.96. The van der Waals surface area contributed by atoms with Gasteiger partial charge in [-0.2, -0.15) is 5.01 Å². The predicted octanol–water partition coefficient (Wildman–Crippen LogP) is 1.30. The molecule has 0 radical (unpaired) electrons. The molecule has 2 fully saturated rings. The third-order valence-electron chi connectivity index (χ3n) is 4.47. The number of urea groups is 1. The Morgan fingerprint density at radius 3 is 2.78 bits per heavy atom. The number of aromatic nitrogens is 1. The molecule has 7 heteroatoms. The van der Waals surface area contributed by atoms with Crippen molar-refractivity contribution in [2.45, 2.75) is 50.5 Å². The average Bonchev–Trinajstić information content (AvgIpc) is 2.79. The Morgan fingerprint density at radius 1 is 1.30 bits per heavy atom. The van der Waals surface area contributed by atoms with Gasteiger partial charge in [0.2, 0.25) is 5.91 Å². The van der Waals surface area contributed by atoms with Gasteiger partial charge in [0, 0.05) is 18.8 Å². The molecule has 0 atom stereocenters. The zero-order valence-corrected chi connectivity index (χ0v) is 12.9. The highest BCUT2D eigenvalue weighted by atomic mass is 16.2. The van der Waals surface area contributed by atoms with Crippen LogP contribution in [-0.2, 0) is 16.0 Å². The van der Waals surface area contributed by atoms with Gasteiger partial charge in [-0.05, 0) is 30.9 Å². The minimum Gasteiger partial charge on any atom is -0.322 e. The van der Waals surface area contributed by atoms with Crippen LogP contribution in [0.2, 0.25) is 0 Å². The van der Waals surface area contributed by atoms with Crippen molar-refractivity contribution in [2.24, 2.45) is 0 Å². The molecule has 1 aliphatic heterocycles. The van der Waals surface area contributed by atoms with Crippen LogP contribution in [0.15, 0.2) is 24.5 Å². The number of nitrogens with zero attached hydrogens (tertiary/aromatic N) is 2. The van der Waals surface area contributed by atoms with Gasteiger partial charge in [-0.15, -0.1) is 0 Å². The van der Waals surface area contributed by atoms with Crippen molar-refractivity contribution < 1.29 is 14.4 Å². The van der Waals surface area contributed by atoms with Crippen molar-refractivity contribution in [1.29, 1.82) is 0 Å². The molecule has 2 N–H and O–H groups in total. The highest BCUT2D eigenvalue weighted by Crippen LogP contribution is 2.32. The van der Waals surface area contributed by atoms with Crippen molar-refractivity contribution in [3.05, 3.63) is 30.1 Å². The Morgan fingerprint density at radius 2 is 2.09 bits per heavy atom. The molecule has 122 valence electrons. The number of hydrogen-bond acceptors (Lipinski definition) is 4. The molecule has 1 spiro atoms. The first-order chi connectivity index (χ1) is 11.1. The van der Waals surface area contributed by atoms with Crippen LogP contribution in [0.1, 0.15) is 44.1 Å². The molecule has 23 heavy (non-hydrogen) atoms. The van der Waals surface area contributed by atoms with E-state index in [1.165, 1.54) is 0 Å². The largest absolute Gasteiger partial charge is 0.344 e. The van der Waals surface area contributed by atoms with Crippen molar-refractivity contribution >= 4 is 17.8 Å². The minimum absolute atomic E-state index is 0.190. The zero-order valence-electron chi connectivity index (χ0n) is 12.9. The SMILES string of the molecule is O=C(CCc1cccnc1)NN1C(=O)NC2(CCCCC2)C1=O. The summed E-state index contributed by atoms with van der Waals surface area (Å²) in [5.41, 5.74) is 2.55. The van der Waals surface area contributed by atoms with Crippen molar-refractivity contribution in [2.75, 3.05) is 0 Å². The van der Waals surface area contributed by atoms with Crippen LogP contribution in [0.25, 0.3) is 0 Å². The number of amides is 4. The number of aryl methyl sites for hydroxylation is 1. The normalized spacial score (nSPS) is 19.7. The summed E-state index contributed by atoms with van der Waals surface area (Å²) in [6, 6.07) is 3.15. The minimum atomic E-state index is -0.814. The lowest BCUT2D eigenvalue weighted by atomic mass is 9.82. The molecule has 1 saturated heterocycles. The summed E-state index contributed by atoms with van der Waals surface area (Å²) in [7, 11) is 0. The molecule has 1 aliphatic carbocycles. The van der Waals surface area contributed by atoms with Crippen LogP contribution in [-0.4, -0.2) is 33.4 Å². The zero-order chi connectivity index (χ0) is 16.3. The van der Waals surface area contributed by atoms with Crippen LogP contribution in [0, 0.1) is 0 Å². The fraction of sp³-hybridized carbons (Fsp3) is 0.500. The lowest BCUT2D eigenvalue weighted by Crippen LogP contribution is -2.51. The van der Waals surface area contributed by atoms with E-state index in [-0.39, 0.29) is 18.2 Å². The molecular weight excluding hydrogens is 296 g/mol. The molecule has 0 aromatic carbocycles. The average molecular weight is 316 g/mol. The lowest BCUT2D eigenvalue weighted by Gasteiger charge is -2.30. The third-order valence-corrected chi connectivity index (χ3v) is 4.47. The Labute approximate surface area is 134 Å². The summed E-state index contributed by atoms with van der Waals surface area (Å²) in [4.78, 5) is 40.6. The fourth-order valence-corrected chi connectivity index (χ4v) is 3.20. The van der Waals surface area contributed by atoms with Crippen LogP contribution in [0.5, 0.6) is 0 Å². The second-order valence-electron chi connectivity index (χ2n) is 6.11. The lowest BCUT2D eigenvalue weighted by molar-refractivity contribution is -0.139. The second kappa shape index (κ2) is 6.36. The summed E-state index contributed by atoms with van der Waals surface area (Å²) in [5, 5.41) is 3.61. The highest BCUT2D eigenvalue weighted by Gasteiger charge is 2.52. The molecule has 2 aliphatic rings. The van der Waals surface area contributed by atoms with Gasteiger partial charge >= 0.3 is 6.03 Å². The van der Waals surface area contributed by atoms with E-state index in [2.05, 4.69) is 15.7 Å². The molecule has 3 rings (SSSR count). The molecule has 0 bridgehead atoms. The topological polar surface area (TPSA) is 91.4 Å². The Hall–Kier alpha value is -2.44. The number of carbonyl (C=O) groups excluding carboxylic acids is 3. The predicted molar refractivity (Wildman–Crippen MR) is 81.9 cm³/mol. The van der Waals surface area contributed by atoms with E-state index in [1.807, 2.05) is 6.07 Å². The maximum atomic E-state index is 12.5. The van der Waals surface area contributed by atoms with Gasteiger partial charge in [0.1, 0.15) is 5.54 Å². The van der Waals surface area contributed by atoms with E-state index in [0.717, 1.165) is 29.8 Å². The molecular formula is C16H20N4O3. The summed E-state index contributed by atoms with van der Waals surface area (Å²) < 4.78 is 0. The molecule has 1 aromatic heterocycles. The maximum Gasteiger partial charge on any atom is 0.344 e. The second-order valence-corrected chi connectivity index (χ2v) is 6.11. The molecule has 7 nitrogen and oxygen atoms in total. The first kappa shape index (κ1) is 15.5. The fourth-order valence-electron chi connectivity index (χ4n) is 3.20. The van der Waals surface area contributed by atoms with Gasteiger partial charge in [-0.3, -0.25) is 20.0 Å². The van der Waals surface area contributed by atoms with Crippen LogP contribution >= 0.6 is 0 Å². The molecule has 0 unspecified atom stereocenters. The Bertz CT molecular complexity index is 611. The molecule has 1 aromatic rings. The Kier molecular flexibility index (Phi) is 4.27. The van der Waals surface area contributed by atoms with Gasteiger partial charge < -0.3 is 5.32 Å². The Balaban J connectivity index is 1.58. The monoisotopic (exact) mass is 316 g/mol. The van der Waals surface area contributed by atoms with Crippen molar-refractivity contribution in [3.63, 3.8) is 0 Å². The number of hydrogen-bond donors (Lipinski definition) is 2. The number of hydrazine groups is 1. The van der Waals surface area contributed by atoms with Gasteiger partial charge in [-0.1, -0.05) is 25.3 Å². The van der Waals surface area contributed by atoms with Crippen LogP contribution in [0.3, 0.4) is 0 Å². The van der Waals surface area contributed by atoms with Gasteiger partial charge in [-0.25, -0.2) is 4.79 Å². The van der Waals surface area contributed by atoms with E-state index in [4.69, 9.17) is 0 Å². The molecule has 4 amide bonds. The van der Waals surface area contributed by atoms with E-state index in [0.29, 0.717) is 19.3 Å².